The fraction of sp³-hybridized carbons (Fsp3) is 0.135. The maximum Gasteiger partial charge on any atom is 0.297 e. The summed E-state index contributed by atoms with van der Waals surface area (Å²) in [6.45, 7) is 1.60. The van der Waals surface area contributed by atoms with Gasteiger partial charge in [-0.1, -0.05) is 29.5 Å². The first-order chi connectivity index (χ1) is 28.2. The first-order valence-corrected chi connectivity index (χ1v) is 21.1. The molecule has 19 nitrogen and oxygen atoms in total. The maximum atomic E-state index is 12.7. The third-order valence-electron chi connectivity index (χ3n) is 8.52. The molecule has 0 saturated heterocycles. The van der Waals surface area contributed by atoms with E-state index in [-0.39, 0.29) is 52.3 Å². The summed E-state index contributed by atoms with van der Waals surface area (Å²) < 4.78 is 80.5. The van der Waals surface area contributed by atoms with E-state index in [0.717, 1.165) is 10.2 Å². The van der Waals surface area contributed by atoms with Gasteiger partial charge >= 0.3 is 0 Å². The third kappa shape index (κ3) is 9.21. The van der Waals surface area contributed by atoms with Crippen molar-refractivity contribution in [3.63, 3.8) is 0 Å². The number of nitrogens with zero attached hydrogens (tertiary/aromatic N) is 9. The van der Waals surface area contributed by atoms with E-state index in [2.05, 4.69) is 40.8 Å². The first kappa shape index (κ1) is 40.5. The van der Waals surface area contributed by atoms with Crippen LogP contribution < -0.4 is 9.47 Å². The molecule has 0 aliphatic rings. The Kier molecular flexibility index (Phi) is 11.4. The lowest BCUT2D eigenvalue weighted by Crippen LogP contribution is -2.08. The van der Waals surface area contributed by atoms with Gasteiger partial charge in [0.2, 0.25) is 11.0 Å². The quantitative estimate of drug-likeness (QED) is 0.0452. The Morgan fingerprint density at radius 3 is 2.17 bits per heavy atom. The Balaban J connectivity index is 1.19. The van der Waals surface area contributed by atoms with E-state index < -0.39 is 42.5 Å². The number of aryl methyl sites for hydroxylation is 1. The van der Waals surface area contributed by atoms with Gasteiger partial charge < -0.3 is 19.7 Å². The van der Waals surface area contributed by atoms with Gasteiger partial charge in [-0.3, -0.25) is 9.11 Å². The van der Waals surface area contributed by atoms with Crippen molar-refractivity contribution in [3.05, 3.63) is 96.7 Å². The molecule has 0 aliphatic carbocycles. The van der Waals surface area contributed by atoms with Crippen LogP contribution in [0.3, 0.4) is 0 Å². The molecule has 7 aromatic rings. The van der Waals surface area contributed by atoms with Crippen LogP contribution in [0.15, 0.2) is 127 Å². The van der Waals surface area contributed by atoms with E-state index in [1.54, 1.807) is 37.3 Å². The summed E-state index contributed by atoms with van der Waals surface area (Å²) in [5.41, 5.74) is 1.86. The number of methoxy groups -OCH3 is 1. The van der Waals surface area contributed by atoms with Crippen LogP contribution >= 0.6 is 11.3 Å². The molecular weight excluding hydrogens is 827 g/mol. The van der Waals surface area contributed by atoms with E-state index in [4.69, 9.17) is 14.0 Å². The van der Waals surface area contributed by atoms with E-state index >= 15 is 0 Å². The molecule has 0 aliphatic heterocycles. The predicted molar refractivity (Wildman–Crippen MR) is 217 cm³/mol. The van der Waals surface area contributed by atoms with Gasteiger partial charge in [0.1, 0.15) is 33.5 Å². The first-order valence-electron chi connectivity index (χ1n) is 17.2. The Hall–Kier alpha value is -6.72. The van der Waals surface area contributed by atoms with Crippen LogP contribution in [0.25, 0.3) is 26.7 Å². The van der Waals surface area contributed by atoms with Crippen molar-refractivity contribution >= 4 is 86.1 Å². The third-order valence-corrected chi connectivity index (χ3v) is 11.2. The molecule has 2 heterocycles. The Morgan fingerprint density at radius 2 is 1.44 bits per heavy atom. The van der Waals surface area contributed by atoms with Crippen molar-refractivity contribution in [2.24, 2.45) is 30.7 Å². The molecule has 0 unspecified atom stereocenters. The van der Waals surface area contributed by atoms with Crippen molar-refractivity contribution in [2.45, 2.75) is 18.2 Å². The van der Waals surface area contributed by atoms with Crippen LogP contribution in [0, 0.1) is 6.92 Å². The number of para-hydroxylation sites is 1. The van der Waals surface area contributed by atoms with Crippen LogP contribution in [0.4, 0.5) is 33.6 Å². The van der Waals surface area contributed by atoms with Crippen LogP contribution in [0.2, 0.25) is 0 Å². The minimum absolute atomic E-state index is 0.0355. The zero-order valence-corrected chi connectivity index (χ0v) is 33.2. The zero-order valence-electron chi connectivity index (χ0n) is 30.8. The second kappa shape index (κ2) is 16.6. The molecule has 59 heavy (non-hydrogen) atoms. The highest BCUT2D eigenvalue weighted by molar-refractivity contribution is 7.86. The van der Waals surface area contributed by atoms with E-state index in [0.29, 0.717) is 27.8 Å². The molecule has 0 bridgehead atoms. The standard InChI is InChI=1S/C37H31N9O10S3/c1-21-18-30(32(56-16-5-17-58(49,50)51)19-29(21)42-45-37-39-26-6-3-4-7-33(26)57-37)43-40-27-14-13-25-24(34(27)47)12-15-28(35(25)59(52,53)54)41-44-31-20-38-46(36(31)48)22-8-10-23(55-2)11-9-22/h3-4,6-15,18-20,47-48H,5,16-17H2,1-2H3,(H,49,50,51)(H,52,53,54). The van der Waals surface area contributed by atoms with Gasteiger partial charge in [0.25, 0.3) is 20.2 Å². The molecule has 0 atom stereocenters. The molecule has 0 fully saturated rings. The van der Waals surface area contributed by atoms with Crippen molar-refractivity contribution in [3.8, 4) is 28.8 Å². The number of fused-ring (bicyclic) bond motifs is 2. The SMILES string of the molecule is COc1ccc(-n2ncc(N=Nc3ccc4c(O)c(N=Nc5cc(C)c(N=Nc6nc7ccccc7s6)cc5OCCCS(=O)(=O)O)ccc4c3S(=O)(=O)O)c2O)cc1. The molecule has 22 heteroatoms. The summed E-state index contributed by atoms with van der Waals surface area (Å²) >= 11 is 1.35. The molecule has 2 aromatic heterocycles. The molecule has 302 valence electrons. The minimum atomic E-state index is -4.97. The van der Waals surface area contributed by atoms with Crippen LogP contribution in [-0.2, 0) is 20.2 Å². The normalized spacial score (nSPS) is 12.5. The fourth-order valence-electron chi connectivity index (χ4n) is 5.69. The number of benzene rings is 5. The molecule has 0 saturated carbocycles. The van der Waals surface area contributed by atoms with Crippen molar-refractivity contribution in [2.75, 3.05) is 19.5 Å². The van der Waals surface area contributed by atoms with E-state index in [1.807, 2.05) is 24.3 Å². The van der Waals surface area contributed by atoms with Crippen LogP contribution in [0.1, 0.15) is 12.0 Å². The Labute approximate surface area is 339 Å². The number of hydrogen-bond donors (Lipinski definition) is 4. The fourth-order valence-corrected chi connectivity index (χ4v) is 7.79. The number of phenols is 1. The number of azo groups is 3. The van der Waals surface area contributed by atoms with Gasteiger partial charge in [-0.25, -0.2) is 4.98 Å². The predicted octanol–water partition coefficient (Wildman–Crippen LogP) is 9.51. The van der Waals surface area contributed by atoms with Crippen LogP contribution in [0.5, 0.6) is 23.1 Å². The number of rotatable bonds is 14. The smallest absolute Gasteiger partial charge is 0.297 e. The number of hydrogen-bond acceptors (Lipinski definition) is 17. The lowest BCUT2D eigenvalue weighted by Gasteiger charge is -2.11. The Morgan fingerprint density at radius 1 is 0.763 bits per heavy atom. The molecular formula is C37H31N9O10S3. The highest BCUT2D eigenvalue weighted by Gasteiger charge is 2.23. The van der Waals surface area contributed by atoms with Crippen molar-refractivity contribution in [1.29, 1.82) is 0 Å². The van der Waals surface area contributed by atoms with Gasteiger partial charge in [0.15, 0.2) is 11.4 Å². The average molecular weight is 858 g/mol. The van der Waals surface area contributed by atoms with Crippen molar-refractivity contribution < 1.29 is 45.6 Å². The molecule has 5 aromatic carbocycles. The topological polar surface area (TPSA) is 273 Å². The molecule has 0 radical (unpaired) electrons. The lowest BCUT2D eigenvalue weighted by molar-refractivity contribution is 0.317. The highest BCUT2D eigenvalue weighted by atomic mass is 32.2. The summed E-state index contributed by atoms with van der Waals surface area (Å²) in [4.78, 5) is 3.78. The highest BCUT2D eigenvalue weighted by Crippen LogP contribution is 2.43. The average Bonchev–Trinajstić information content (AvgIpc) is 3.80. The molecule has 0 amide bonds. The van der Waals surface area contributed by atoms with E-state index in [9.17, 15) is 31.6 Å². The summed E-state index contributed by atoms with van der Waals surface area (Å²) in [7, 11) is -7.70. The number of aromatic hydroxyl groups is 2. The second-order valence-corrected chi connectivity index (χ2v) is 16.5. The van der Waals surface area contributed by atoms with Gasteiger partial charge in [-0.05, 0) is 79.6 Å². The van der Waals surface area contributed by atoms with Gasteiger partial charge in [0, 0.05) is 16.8 Å². The largest absolute Gasteiger partial charge is 0.505 e. The number of aromatic nitrogens is 3. The lowest BCUT2D eigenvalue weighted by atomic mass is 10.1. The van der Waals surface area contributed by atoms with Gasteiger partial charge in [-0.2, -0.15) is 26.6 Å². The molecule has 4 N–H and O–H groups in total. The molecule has 7 rings (SSSR count). The summed E-state index contributed by atoms with van der Waals surface area (Å²) in [5.74, 6) is -0.725. The number of thiazole rings is 1. The number of ether oxygens (including phenoxy) is 2. The van der Waals surface area contributed by atoms with Crippen molar-refractivity contribution in [1.82, 2.24) is 14.8 Å². The zero-order chi connectivity index (χ0) is 41.9. The summed E-state index contributed by atoms with van der Waals surface area (Å²) in [6, 6.07) is 22.3. The number of phenolic OH excluding ortho intramolecular Hbond substituents is 1. The maximum absolute atomic E-state index is 12.7. The monoisotopic (exact) mass is 857 g/mol. The Bertz CT molecular complexity index is 3010. The van der Waals surface area contributed by atoms with E-state index in [1.165, 1.54) is 59.7 Å². The second-order valence-electron chi connectivity index (χ2n) is 12.5. The summed E-state index contributed by atoms with van der Waals surface area (Å²) in [5, 5.41) is 51.4. The summed E-state index contributed by atoms with van der Waals surface area (Å²) in [6.07, 6.45) is 1.16. The minimum Gasteiger partial charge on any atom is -0.505 e. The van der Waals surface area contributed by atoms with Gasteiger partial charge in [-0.15, -0.1) is 30.7 Å². The van der Waals surface area contributed by atoms with Gasteiger partial charge in [0.05, 0.1) is 47.3 Å². The van der Waals surface area contributed by atoms with Crippen LogP contribution in [-0.4, -0.2) is 70.4 Å². The molecule has 0 spiro atoms.